The molecular formula is C16H21FN2O4S. The minimum atomic E-state index is -3.19. The zero-order valence-corrected chi connectivity index (χ0v) is 14.3. The predicted octanol–water partition coefficient (Wildman–Crippen LogP) is 0.996. The van der Waals surface area contributed by atoms with E-state index >= 15 is 0 Å². The van der Waals surface area contributed by atoms with Crippen molar-refractivity contribution in [3.8, 4) is 0 Å². The number of rotatable bonds is 4. The molecule has 2 aliphatic heterocycles. The summed E-state index contributed by atoms with van der Waals surface area (Å²) in [5, 5.41) is 0. The second-order valence-electron chi connectivity index (χ2n) is 6.66. The largest absolute Gasteiger partial charge is 0.371 e. The molecule has 0 radical (unpaired) electrons. The molecule has 0 aliphatic carbocycles. The van der Waals surface area contributed by atoms with Crippen LogP contribution >= 0.6 is 0 Å². The van der Waals surface area contributed by atoms with Crippen LogP contribution in [0.4, 0.5) is 4.39 Å². The number of sulfonamides is 1. The molecule has 1 amide bonds. The molecule has 132 valence electrons. The van der Waals surface area contributed by atoms with Crippen molar-refractivity contribution in [3.63, 3.8) is 0 Å². The first kappa shape index (κ1) is 17.3. The van der Waals surface area contributed by atoms with Gasteiger partial charge in [-0.05, 0) is 30.9 Å². The minimum Gasteiger partial charge on any atom is -0.371 e. The Morgan fingerprint density at radius 1 is 1.42 bits per heavy atom. The number of benzene rings is 1. The molecule has 2 fully saturated rings. The average molecular weight is 356 g/mol. The number of hydrogen-bond donors (Lipinski definition) is 1. The van der Waals surface area contributed by atoms with Crippen molar-refractivity contribution >= 4 is 15.9 Å². The summed E-state index contributed by atoms with van der Waals surface area (Å²) < 4.78 is 44.3. The third kappa shape index (κ3) is 3.76. The summed E-state index contributed by atoms with van der Waals surface area (Å²) in [5.41, 5.74) is -0.277. The van der Waals surface area contributed by atoms with Crippen LogP contribution in [-0.4, -0.2) is 57.3 Å². The van der Waals surface area contributed by atoms with E-state index in [-0.39, 0.29) is 23.0 Å². The Labute approximate surface area is 141 Å². The summed E-state index contributed by atoms with van der Waals surface area (Å²) in [5.74, 6) is -0.690. The second-order valence-corrected chi connectivity index (χ2v) is 8.49. The Morgan fingerprint density at radius 3 is 2.71 bits per heavy atom. The van der Waals surface area contributed by atoms with E-state index in [4.69, 9.17) is 4.74 Å². The summed E-state index contributed by atoms with van der Waals surface area (Å²) in [6.07, 6.45) is 2.74. The number of likely N-dealkylation sites (tertiary alicyclic amines) is 1. The smallest absolute Gasteiger partial charge is 0.257 e. The maximum absolute atomic E-state index is 13.7. The zero-order valence-electron chi connectivity index (χ0n) is 13.5. The number of carbonyl (C=O) groups is 1. The topological polar surface area (TPSA) is 75.7 Å². The van der Waals surface area contributed by atoms with E-state index in [9.17, 15) is 17.6 Å². The summed E-state index contributed by atoms with van der Waals surface area (Å²) in [7, 11) is -3.19. The van der Waals surface area contributed by atoms with Crippen LogP contribution in [0.3, 0.4) is 0 Å². The summed E-state index contributed by atoms with van der Waals surface area (Å²) >= 11 is 0. The molecule has 0 aromatic heterocycles. The number of amides is 1. The van der Waals surface area contributed by atoms with Gasteiger partial charge in [-0.1, -0.05) is 12.1 Å². The third-order valence-corrected chi connectivity index (χ3v) is 5.31. The highest BCUT2D eigenvalue weighted by Crippen LogP contribution is 2.36. The first-order valence-corrected chi connectivity index (χ1v) is 9.80. The number of carbonyl (C=O) groups excluding carboxylic acids is 1. The molecule has 24 heavy (non-hydrogen) atoms. The maximum Gasteiger partial charge on any atom is 0.257 e. The highest BCUT2D eigenvalue weighted by atomic mass is 32.2. The van der Waals surface area contributed by atoms with Crippen molar-refractivity contribution in [1.82, 2.24) is 9.62 Å². The molecule has 1 aromatic carbocycles. The van der Waals surface area contributed by atoms with Crippen LogP contribution in [0.2, 0.25) is 0 Å². The van der Waals surface area contributed by atoms with Gasteiger partial charge in [-0.15, -0.1) is 0 Å². The number of ether oxygens (including phenoxy) is 1. The quantitative estimate of drug-likeness (QED) is 0.873. The molecule has 1 N–H and O–H groups in total. The Morgan fingerprint density at radius 2 is 2.12 bits per heavy atom. The van der Waals surface area contributed by atoms with Crippen LogP contribution in [0.1, 0.15) is 23.2 Å². The Hall–Kier alpha value is -1.51. The van der Waals surface area contributed by atoms with Gasteiger partial charge in [0.05, 0.1) is 31.5 Å². The van der Waals surface area contributed by atoms with Gasteiger partial charge in [0.2, 0.25) is 10.0 Å². The van der Waals surface area contributed by atoms with Gasteiger partial charge in [0.1, 0.15) is 11.4 Å². The number of nitrogens with zero attached hydrogens (tertiary/aromatic N) is 1. The number of hydrogen-bond acceptors (Lipinski definition) is 4. The third-order valence-electron chi connectivity index (χ3n) is 4.62. The van der Waals surface area contributed by atoms with Crippen LogP contribution in [0.25, 0.3) is 0 Å². The molecule has 1 spiro atoms. The van der Waals surface area contributed by atoms with E-state index in [0.29, 0.717) is 26.2 Å². The monoisotopic (exact) mass is 356 g/mol. The highest BCUT2D eigenvalue weighted by molar-refractivity contribution is 7.88. The molecule has 1 atom stereocenters. The van der Waals surface area contributed by atoms with E-state index in [1.165, 1.54) is 12.1 Å². The number of halogens is 1. The lowest BCUT2D eigenvalue weighted by atomic mass is 9.82. The predicted molar refractivity (Wildman–Crippen MR) is 86.6 cm³/mol. The summed E-state index contributed by atoms with van der Waals surface area (Å²) in [6.45, 7) is 1.73. The maximum atomic E-state index is 13.7. The van der Waals surface area contributed by atoms with E-state index < -0.39 is 15.8 Å². The van der Waals surface area contributed by atoms with Crippen LogP contribution in [-0.2, 0) is 14.8 Å². The Kier molecular flexibility index (Phi) is 4.63. The van der Waals surface area contributed by atoms with E-state index in [1.54, 1.807) is 17.0 Å². The number of nitrogens with one attached hydrogen (secondary N) is 1. The van der Waals surface area contributed by atoms with E-state index in [0.717, 1.165) is 19.1 Å². The van der Waals surface area contributed by atoms with Gasteiger partial charge < -0.3 is 9.64 Å². The lowest BCUT2D eigenvalue weighted by molar-refractivity contribution is -0.166. The lowest BCUT2D eigenvalue weighted by Gasteiger charge is -2.52. The van der Waals surface area contributed by atoms with Crippen LogP contribution < -0.4 is 4.72 Å². The molecule has 3 rings (SSSR count). The first-order valence-electron chi connectivity index (χ1n) is 7.90. The van der Waals surface area contributed by atoms with Gasteiger partial charge in [-0.25, -0.2) is 17.5 Å². The van der Waals surface area contributed by atoms with Crippen LogP contribution in [0.15, 0.2) is 24.3 Å². The van der Waals surface area contributed by atoms with Crippen molar-refractivity contribution in [1.29, 1.82) is 0 Å². The highest BCUT2D eigenvalue weighted by Gasteiger charge is 2.48. The van der Waals surface area contributed by atoms with Gasteiger partial charge in [0.15, 0.2) is 0 Å². The molecular weight excluding hydrogens is 335 g/mol. The van der Waals surface area contributed by atoms with Crippen molar-refractivity contribution < 1.29 is 22.3 Å². The minimum absolute atomic E-state index is 0.0818. The standard InChI is InChI=1S/C16H21FN2O4S/c1-24(21,22)18-8-12-6-7-16(23-9-12)10-19(11-16)15(20)13-4-2-3-5-14(13)17/h2-5,12,18H,6-11H2,1H3. The molecule has 0 bridgehead atoms. The van der Waals surface area contributed by atoms with Crippen molar-refractivity contribution in [3.05, 3.63) is 35.6 Å². The molecule has 6 nitrogen and oxygen atoms in total. The van der Waals surface area contributed by atoms with Gasteiger partial charge >= 0.3 is 0 Å². The normalized spacial score (nSPS) is 23.1. The molecule has 2 saturated heterocycles. The molecule has 1 unspecified atom stereocenters. The van der Waals surface area contributed by atoms with E-state index in [1.807, 2.05) is 0 Å². The summed E-state index contributed by atoms with van der Waals surface area (Å²) in [4.78, 5) is 13.9. The van der Waals surface area contributed by atoms with E-state index in [2.05, 4.69) is 4.72 Å². The van der Waals surface area contributed by atoms with Crippen LogP contribution in [0.5, 0.6) is 0 Å². The van der Waals surface area contributed by atoms with Gasteiger partial charge in [0.25, 0.3) is 5.91 Å². The summed E-state index contributed by atoms with van der Waals surface area (Å²) in [6, 6.07) is 5.96. The average Bonchev–Trinajstić information content (AvgIpc) is 2.50. The lowest BCUT2D eigenvalue weighted by Crippen LogP contribution is -2.66. The fraction of sp³-hybridized carbons (Fsp3) is 0.562. The van der Waals surface area contributed by atoms with Crippen LogP contribution in [0, 0.1) is 11.7 Å². The van der Waals surface area contributed by atoms with Crippen molar-refractivity contribution in [2.45, 2.75) is 18.4 Å². The Bertz CT molecular complexity index is 721. The molecule has 2 heterocycles. The SMILES string of the molecule is CS(=O)(=O)NCC1CCC2(CN(C(=O)c3ccccc3F)C2)OC1. The fourth-order valence-electron chi connectivity index (χ4n) is 3.19. The van der Waals surface area contributed by atoms with Gasteiger partial charge in [-0.3, -0.25) is 4.79 Å². The van der Waals surface area contributed by atoms with Gasteiger partial charge in [-0.2, -0.15) is 0 Å². The van der Waals surface area contributed by atoms with Gasteiger partial charge in [0, 0.05) is 6.54 Å². The second kappa shape index (κ2) is 6.42. The fourth-order valence-corrected chi connectivity index (χ4v) is 3.73. The molecule has 0 saturated carbocycles. The Balaban J connectivity index is 1.50. The molecule has 8 heteroatoms. The zero-order chi connectivity index (χ0) is 17.4. The molecule has 2 aliphatic rings. The molecule has 1 aromatic rings. The van der Waals surface area contributed by atoms with Crippen molar-refractivity contribution in [2.75, 3.05) is 32.5 Å². The first-order chi connectivity index (χ1) is 11.3. The van der Waals surface area contributed by atoms with Crippen molar-refractivity contribution in [2.24, 2.45) is 5.92 Å².